The lowest BCUT2D eigenvalue weighted by atomic mass is 10.1. The van der Waals surface area contributed by atoms with Crippen LogP contribution >= 0.6 is 0 Å². The second kappa shape index (κ2) is 13.5. The highest BCUT2D eigenvalue weighted by atomic mass is 13.9. The molecule has 0 aliphatic rings. The molecule has 0 heteroatoms. The zero-order valence-corrected chi connectivity index (χ0v) is 10.4. The van der Waals surface area contributed by atoms with Gasteiger partial charge in [0.15, 0.2) is 0 Å². The smallest absolute Gasteiger partial charge is 0.0348 e. The fourth-order valence-electron chi connectivity index (χ4n) is 1.63. The summed E-state index contributed by atoms with van der Waals surface area (Å²) in [5, 5.41) is 0. The molecule has 0 amide bonds. The minimum Gasteiger partial charge on any atom is -0.0885 e. The van der Waals surface area contributed by atoms with E-state index in [1.165, 1.54) is 57.8 Å². The minimum absolute atomic E-state index is 1.07. The summed E-state index contributed by atoms with van der Waals surface area (Å²) in [7, 11) is 0. The standard InChI is InChI=1S/C15H27/c1-3-5-7-9-11-13-15-14-12-10-8-6-4-2/h1,3,14-15H,4-13H2,2H3. The molecule has 1 radical (unpaired) electrons. The van der Waals surface area contributed by atoms with E-state index in [0.717, 1.165) is 6.42 Å². The van der Waals surface area contributed by atoms with E-state index in [9.17, 15) is 0 Å². The Bertz CT molecular complexity index is 144. The monoisotopic (exact) mass is 207 g/mol. The van der Waals surface area contributed by atoms with Gasteiger partial charge in [-0.25, -0.2) is 0 Å². The van der Waals surface area contributed by atoms with Gasteiger partial charge in [0.25, 0.3) is 0 Å². The third kappa shape index (κ3) is 13.5. The van der Waals surface area contributed by atoms with E-state index in [1.807, 2.05) is 0 Å². The van der Waals surface area contributed by atoms with Crippen molar-refractivity contribution >= 4 is 0 Å². The lowest BCUT2D eigenvalue weighted by Gasteiger charge is -1.96. The predicted molar refractivity (Wildman–Crippen MR) is 69.9 cm³/mol. The molecule has 0 saturated carbocycles. The van der Waals surface area contributed by atoms with E-state index in [2.05, 4.69) is 19.1 Å². The van der Waals surface area contributed by atoms with Crippen molar-refractivity contribution in [3.63, 3.8) is 0 Å². The largest absolute Gasteiger partial charge is 0.0885 e. The van der Waals surface area contributed by atoms with Crippen LogP contribution in [-0.2, 0) is 0 Å². The van der Waals surface area contributed by atoms with Gasteiger partial charge in [0.2, 0.25) is 0 Å². The van der Waals surface area contributed by atoms with Gasteiger partial charge in [-0.15, -0.1) is 0 Å². The minimum atomic E-state index is 1.07. The summed E-state index contributed by atoms with van der Waals surface area (Å²) in [5.74, 6) is 0. The third-order valence-corrected chi connectivity index (χ3v) is 2.63. The fraction of sp³-hybridized carbons (Fsp3) is 0.733. The first-order valence-electron chi connectivity index (χ1n) is 6.60. The van der Waals surface area contributed by atoms with Gasteiger partial charge in [-0.3, -0.25) is 0 Å². The Hall–Kier alpha value is -0.520. The zero-order chi connectivity index (χ0) is 11.2. The maximum atomic E-state index is 5.31. The van der Waals surface area contributed by atoms with Crippen molar-refractivity contribution in [2.45, 2.75) is 71.1 Å². The molecule has 0 bridgehead atoms. The van der Waals surface area contributed by atoms with E-state index in [4.69, 9.17) is 6.58 Å². The molecule has 0 aliphatic heterocycles. The Balaban J connectivity index is 3.00. The topological polar surface area (TPSA) is 0 Å². The summed E-state index contributed by atoms with van der Waals surface area (Å²) in [4.78, 5) is 0. The average molecular weight is 207 g/mol. The molecule has 0 fully saturated rings. The first-order valence-corrected chi connectivity index (χ1v) is 6.60. The number of rotatable bonds is 11. The van der Waals surface area contributed by atoms with Crippen LogP contribution in [0, 0.1) is 6.58 Å². The molecule has 0 N–H and O–H groups in total. The van der Waals surface area contributed by atoms with Crippen molar-refractivity contribution in [3.8, 4) is 0 Å². The third-order valence-electron chi connectivity index (χ3n) is 2.63. The molecule has 0 saturated heterocycles. The van der Waals surface area contributed by atoms with Crippen molar-refractivity contribution in [2.75, 3.05) is 0 Å². The Morgan fingerprint density at radius 1 is 0.733 bits per heavy atom. The highest BCUT2D eigenvalue weighted by molar-refractivity contribution is 4.81. The molecule has 0 rings (SSSR count). The Morgan fingerprint density at radius 2 is 1.27 bits per heavy atom. The van der Waals surface area contributed by atoms with E-state index >= 15 is 0 Å². The highest BCUT2D eigenvalue weighted by Crippen LogP contribution is 2.06. The number of hydrogen-bond acceptors (Lipinski definition) is 0. The first kappa shape index (κ1) is 14.5. The van der Waals surface area contributed by atoms with Gasteiger partial charge in [0, 0.05) is 0 Å². The Labute approximate surface area is 96.5 Å². The van der Waals surface area contributed by atoms with Crippen LogP contribution < -0.4 is 0 Å². The summed E-state index contributed by atoms with van der Waals surface area (Å²) in [6, 6.07) is 0. The second-order valence-electron chi connectivity index (χ2n) is 4.19. The fourth-order valence-corrected chi connectivity index (χ4v) is 1.63. The van der Waals surface area contributed by atoms with Gasteiger partial charge >= 0.3 is 0 Å². The maximum Gasteiger partial charge on any atom is -0.0348 e. The van der Waals surface area contributed by atoms with Gasteiger partial charge in [0.1, 0.15) is 0 Å². The molecule has 0 heterocycles. The van der Waals surface area contributed by atoms with Crippen LogP contribution in [0.15, 0.2) is 18.2 Å². The summed E-state index contributed by atoms with van der Waals surface area (Å²) in [6.45, 7) is 7.57. The molecular weight excluding hydrogens is 180 g/mol. The van der Waals surface area contributed by atoms with Gasteiger partial charge in [-0.05, 0) is 38.5 Å². The zero-order valence-electron chi connectivity index (χ0n) is 10.4. The van der Waals surface area contributed by atoms with Gasteiger partial charge in [0.05, 0.1) is 0 Å². The van der Waals surface area contributed by atoms with E-state index in [0.29, 0.717) is 0 Å². The summed E-state index contributed by atoms with van der Waals surface area (Å²) >= 11 is 0. The number of allylic oxidation sites excluding steroid dienone is 3. The summed E-state index contributed by atoms with van der Waals surface area (Å²) < 4.78 is 0. The molecule has 0 aromatic heterocycles. The molecular formula is C15H27. The van der Waals surface area contributed by atoms with E-state index < -0.39 is 0 Å². The summed E-state index contributed by atoms with van der Waals surface area (Å²) in [6.07, 6.45) is 19.4. The van der Waals surface area contributed by atoms with Crippen LogP contribution in [0.25, 0.3) is 0 Å². The second-order valence-corrected chi connectivity index (χ2v) is 4.19. The van der Waals surface area contributed by atoms with Crippen LogP contribution in [0.2, 0.25) is 0 Å². The van der Waals surface area contributed by atoms with Crippen molar-refractivity contribution < 1.29 is 0 Å². The lowest BCUT2D eigenvalue weighted by molar-refractivity contribution is 0.670. The van der Waals surface area contributed by atoms with E-state index in [-0.39, 0.29) is 0 Å². The Kier molecular flexibility index (Phi) is 13.0. The van der Waals surface area contributed by atoms with Crippen molar-refractivity contribution in [1.29, 1.82) is 0 Å². The molecule has 0 aromatic rings. The van der Waals surface area contributed by atoms with Gasteiger partial charge in [-0.1, -0.05) is 57.4 Å². The average Bonchev–Trinajstić information content (AvgIpc) is 2.26. The Morgan fingerprint density at radius 3 is 1.80 bits per heavy atom. The van der Waals surface area contributed by atoms with Gasteiger partial charge in [-0.2, -0.15) is 0 Å². The molecule has 0 unspecified atom stereocenters. The number of hydrogen-bond donors (Lipinski definition) is 0. The number of unbranched alkanes of at least 4 members (excludes halogenated alkanes) is 8. The van der Waals surface area contributed by atoms with E-state index in [1.54, 1.807) is 6.08 Å². The summed E-state index contributed by atoms with van der Waals surface area (Å²) in [5.41, 5.74) is 0. The molecule has 0 atom stereocenters. The molecule has 0 nitrogen and oxygen atoms in total. The van der Waals surface area contributed by atoms with Gasteiger partial charge < -0.3 is 0 Å². The normalized spacial score (nSPS) is 11.0. The first-order chi connectivity index (χ1) is 7.41. The molecule has 87 valence electrons. The lowest BCUT2D eigenvalue weighted by Crippen LogP contribution is -1.76. The predicted octanol–water partition coefficient (Wildman–Crippen LogP) is 5.45. The maximum absolute atomic E-state index is 5.31. The van der Waals surface area contributed by atoms with Crippen molar-refractivity contribution in [2.24, 2.45) is 0 Å². The molecule has 0 aliphatic carbocycles. The van der Waals surface area contributed by atoms with Crippen LogP contribution in [0.1, 0.15) is 71.1 Å². The van der Waals surface area contributed by atoms with Crippen molar-refractivity contribution in [1.82, 2.24) is 0 Å². The van der Waals surface area contributed by atoms with Crippen LogP contribution in [0.4, 0.5) is 0 Å². The quantitative estimate of drug-likeness (QED) is 0.312. The highest BCUT2D eigenvalue weighted by Gasteiger charge is 1.86. The van der Waals surface area contributed by atoms with Crippen LogP contribution in [-0.4, -0.2) is 0 Å². The van der Waals surface area contributed by atoms with Crippen molar-refractivity contribution in [3.05, 3.63) is 24.8 Å². The van der Waals surface area contributed by atoms with Crippen LogP contribution in [0.5, 0.6) is 0 Å². The molecule has 0 spiro atoms. The molecule has 0 aromatic carbocycles. The SMILES string of the molecule is [CH]=CCCCCCC=CCCCCCC. The van der Waals surface area contributed by atoms with Crippen LogP contribution in [0.3, 0.4) is 0 Å². The molecule has 15 heavy (non-hydrogen) atoms.